The number of rotatable bonds is 5. The maximum absolute atomic E-state index is 11.8. The van der Waals surface area contributed by atoms with Gasteiger partial charge in [0.05, 0.1) is 6.54 Å². The summed E-state index contributed by atoms with van der Waals surface area (Å²) in [6.45, 7) is 0.340. The molecule has 2 rings (SSSR count). The van der Waals surface area contributed by atoms with Crippen LogP contribution in [0.2, 0.25) is 0 Å². The van der Waals surface area contributed by atoms with E-state index in [0.29, 0.717) is 12.2 Å². The summed E-state index contributed by atoms with van der Waals surface area (Å²) in [5, 5.41) is 17.2. The van der Waals surface area contributed by atoms with Gasteiger partial charge in [-0.3, -0.25) is 9.48 Å². The number of hydrogen-bond donors (Lipinski definition) is 2. The number of thiophene rings is 1. The van der Waals surface area contributed by atoms with Gasteiger partial charge in [0.1, 0.15) is 5.69 Å². The second-order valence-corrected chi connectivity index (χ2v) is 5.03. The Morgan fingerprint density at radius 2 is 2.30 bits per heavy atom. The maximum atomic E-state index is 11.8. The molecular formula is C13H13N3O3S. The lowest BCUT2D eigenvalue weighted by Crippen LogP contribution is -2.23. The third-order valence-electron chi connectivity index (χ3n) is 2.54. The molecule has 2 aromatic heterocycles. The zero-order chi connectivity index (χ0) is 14.5. The average Bonchev–Trinajstić information content (AvgIpc) is 3.02. The predicted octanol–water partition coefficient (Wildman–Crippen LogP) is 1.51. The minimum absolute atomic E-state index is 0.257. The largest absolute Gasteiger partial charge is 0.478 e. The molecule has 6 nitrogen and oxygen atoms in total. The Morgan fingerprint density at radius 1 is 1.50 bits per heavy atom. The van der Waals surface area contributed by atoms with Crippen molar-refractivity contribution in [1.82, 2.24) is 15.1 Å². The summed E-state index contributed by atoms with van der Waals surface area (Å²) in [6.07, 6.45) is 4.29. The molecule has 2 N–H and O–H groups in total. The lowest BCUT2D eigenvalue weighted by molar-refractivity contribution is -0.131. The Morgan fingerprint density at radius 3 is 2.95 bits per heavy atom. The van der Waals surface area contributed by atoms with Gasteiger partial charge in [0.25, 0.3) is 5.91 Å². The molecule has 0 saturated carbocycles. The quantitative estimate of drug-likeness (QED) is 0.818. The Labute approximate surface area is 119 Å². The molecule has 0 aromatic carbocycles. The fourth-order valence-electron chi connectivity index (χ4n) is 1.59. The van der Waals surface area contributed by atoms with E-state index in [1.807, 2.05) is 11.4 Å². The highest BCUT2D eigenvalue weighted by Crippen LogP contribution is 2.18. The fraction of sp³-hybridized carbons (Fsp3) is 0.154. The minimum Gasteiger partial charge on any atom is -0.478 e. The number of amides is 1. The summed E-state index contributed by atoms with van der Waals surface area (Å²) in [6, 6.07) is 3.45. The van der Waals surface area contributed by atoms with E-state index in [1.54, 1.807) is 24.0 Å². The summed E-state index contributed by atoms with van der Waals surface area (Å²) in [7, 11) is 1.74. The first kappa shape index (κ1) is 14.0. The zero-order valence-electron chi connectivity index (χ0n) is 10.7. The van der Waals surface area contributed by atoms with Gasteiger partial charge in [-0.25, -0.2) is 4.79 Å². The number of aromatic nitrogens is 2. The first-order valence-electron chi connectivity index (χ1n) is 5.81. The molecule has 0 atom stereocenters. The predicted molar refractivity (Wildman–Crippen MR) is 75.4 cm³/mol. The van der Waals surface area contributed by atoms with Crippen LogP contribution in [0.25, 0.3) is 6.08 Å². The van der Waals surface area contributed by atoms with Crippen LogP contribution in [-0.2, 0) is 18.4 Å². The number of nitrogens with zero attached hydrogens (tertiary/aromatic N) is 2. The first-order valence-corrected chi connectivity index (χ1v) is 6.69. The van der Waals surface area contributed by atoms with Gasteiger partial charge in [-0.2, -0.15) is 5.10 Å². The number of nitrogens with one attached hydrogen (secondary N) is 1. The van der Waals surface area contributed by atoms with Crippen LogP contribution in [0.4, 0.5) is 0 Å². The van der Waals surface area contributed by atoms with E-state index in [-0.39, 0.29) is 5.91 Å². The van der Waals surface area contributed by atoms with Crippen LogP contribution in [-0.4, -0.2) is 26.8 Å². The average molecular weight is 291 g/mol. The van der Waals surface area contributed by atoms with E-state index in [0.717, 1.165) is 16.5 Å². The third-order valence-corrected chi connectivity index (χ3v) is 3.48. The molecule has 104 valence electrons. The molecule has 0 bridgehead atoms. The van der Waals surface area contributed by atoms with Crippen molar-refractivity contribution in [3.05, 3.63) is 45.9 Å². The summed E-state index contributed by atoms with van der Waals surface area (Å²) >= 11 is 1.46. The molecule has 0 unspecified atom stereocenters. The molecule has 0 aliphatic heterocycles. The number of carboxylic acids is 1. The van der Waals surface area contributed by atoms with Crippen LogP contribution in [0.15, 0.2) is 29.8 Å². The van der Waals surface area contributed by atoms with Crippen LogP contribution < -0.4 is 5.32 Å². The summed E-state index contributed by atoms with van der Waals surface area (Å²) in [5.74, 6) is -1.26. The highest BCUT2D eigenvalue weighted by Gasteiger charge is 2.09. The van der Waals surface area contributed by atoms with Crippen LogP contribution >= 0.6 is 11.3 Å². The first-order chi connectivity index (χ1) is 9.56. The third kappa shape index (κ3) is 3.55. The summed E-state index contributed by atoms with van der Waals surface area (Å²) < 4.78 is 1.56. The van der Waals surface area contributed by atoms with Crippen molar-refractivity contribution in [1.29, 1.82) is 0 Å². The van der Waals surface area contributed by atoms with Crippen LogP contribution in [0, 0.1) is 0 Å². The number of carbonyl (C=O) groups is 2. The Balaban J connectivity index is 1.99. The number of hydrogen-bond acceptors (Lipinski definition) is 4. The molecule has 1 amide bonds. The Kier molecular flexibility index (Phi) is 4.31. The van der Waals surface area contributed by atoms with Gasteiger partial charge in [0.15, 0.2) is 0 Å². The lowest BCUT2D eigenvalue weighted by Gasteiger charge is -2.02. The van der Waals surface area contributed by atoms with Gasteiger partial charge in [-0.15, -0.1) is 11.3 Å². The van der Waals surface area contributed by atoms with Crippen LogP contribution in [0.1, 0.15) is 20.9 Å². The molecule has 0 spiro atoms. The van der Waals surface area contributed by atoms with Crippen molar-refractivity contribution < 1.29 is 14.7 Å². The Bertz CT molecular complexity index is 657. The molecule has 20 heavy (non-hydrogen) atoms. The lowest BCUT2D eigenvalue weighted by atomic mass is 10.2. The van der Waals surface area contributed by atoms with E-state index in [4.69, 9.17) is 5.11 Å². The summed E-state index contributed by atoms with van der Waals surface area (Å²) in [5.41, 5.74) is 1.14. The van der Waals surface area contributed by atoms with E-state index in [9.17, 15) is 9.59 Å². The molecule has 0 aliphatic rings. The molecule has 7 heteroatoms. The molecule has 2 heterocycles. The smallest absolute Gasteiger partial charge is 0.328 e. The van der Waals surface area contributed by atoms with Crippen molar-refractivity contribution in [3.8, 4) is 0 Å². The van der Waals surface area contributed by atoms with Crippen molar-refractivity contribution in [3.63, 3.8) is 0 Å². The topological polar surface area (TPSA) is 84.2 Å². The number of carbonyl (C=O) groups excluding carboxylic acids is 1. The Hall–Kier alpha value is -2.41. The van der Waals surface area contributed by atoms with Gasteiger partial charge in [0, 0.05) is 24.2 Å². The normalized spacial score (nSPS) is 10.8. The zero-order valence-corrected chi connectivity index (χ0v) is 11.6. The molecule has 0 radical (unpaired) electrons. The van der Waals surface area contributed by atoms with Crippen molar-refractivity contribution in [2.45, 2.75) is 6.54 Å². The van der Waals surface area contributed by atoms with Gasteiger partial charge in [-0.1, -0.05) is 0 Å². The van der Waals surface area contributed by atoms with Crippen molar-refractivity contribution >= 4 is 29.3 Å². The van der Waals surface area contributed by atoms with E-state index in [2.05, 4.69) is 10.4 Å². The highest BCUT2D eigenvalue weighted by atomic mass is 32.1. The molecule has 2 aromatic rings. The second kappa shape index (κ2) is 6.16. The number of aliphatic carboxylic acids is 1. The minimum atomic E-state index is -1.00. The molecule has 0 fully saturated rings. The standard InChI is InChI=1S/C13H13N3O3S/c1-16-6-4-10(15-16)13(19)14-8-11-9(5-7-20-11)2-3-12(17)18/h2-7H,8H2,1H3,(H,14,19)(H,17,18)/b3-2+. The molecule has 0 saturated heterocycles. The monoisotopic (exact) mass is 291 g/mol. The summed E-state index contributed by atoms with van der Waals surface area (Å²) in [4.78, 5) is 23.2. The van der Waals surface area contributed by atoms with Gasteiger partial charge >= 0.3 is 5.97 Å². The van der Waals surface area contributed by atoms with Crippen LogP contribution in [0.3, 0.4) is 0 Å². The molecular weight excluding hydrogens is 278 g/mol. The van der Waals surface area contributed by atoms with Gasteiger partial charge < -0.3 is 10.4 Å². The van der Waals surface area contributed by atoms with Crippen molar-refractivity contribution in [2.24, 2.45) is 7.05 Å². The fourth-order valence-corrected chi connectivity index (χ4v) is 2.40. The maximum Gasteiger partial charge on any atom is 0.328 e. The number of aryl methyl sites for hydroxylation is 1. The van der Waals surface area contributed by atoms with Crippen molar-refractivity contribution in [2.75, 3.05) is 0 Å². The second-order valence-electron chi connectivity index (χ2n) is 4.03. The van der Waals surface area contributed by atoms with Crippen LogP contribution in [0.5, 0.6) is 0 Å². The highest BCUT2D eigenvalue weighted by molar-refractivity contribution is 7.10. The van der Waals surface area contributed by atoms with Gasteiger partial charge in [0.2, 0.25) is 0 Å². The van der Waals surface area contributed by atoms with E-state index >= 15 is 0 Å². The van der Waals surface area contributed by atoms with E-state index < -0.39 is 5.97 Å². The molecule has 0 aliphatic carbocycles. The van der Waals surface area contributed by atoms with Gasteiger partial charge in [-0.05, 0) is 29.2 Å². The SMILES string of the molecule is Cn1ccc(C(=O)NCc2sccc2/C=C/C(=O)O)n1. The van der Waals surface area contributed by atoms with E-state index in [1.165, 1.54) is 17.4 Å². The number of carboxylic acid groups (broad SMARTS) is 1.